The first-order valence-corrected chi connectivity index (χ1v) is 8.44. The minimum absolute atomic E-state index is 0.0605. The molecule has 0 saturated carbocycles. The van der Waals surface area contributed by atoms with Crippen molar-refractivity contribution in [2.24, 2.45) is 0 Å². The van der Waals surface area contributed by atoms with Crippen LogP contribution in [-0.4, -0.2) is 35.5 Å². The molecule has 1 rings (SSSR count). The number of anilines is 1. The van der Waals surface area contributed by atoms with Crippen molar-refractivity contribution in [3.8, 4) is 5.75 Å². The van der Waals surface area contributed by atoms with Gasteiger partial charge in [-0.1, -0.05) is 6.92 Å². The molecule has 7 nitrogen and oxygen atoms in total. The highest BCUT2D eigenvalue weighted by Gasteiger charge is 2.13. The van der Waals surface area contributed by atoms with Crippen LogP contribution < -0.4 is 15.4 Å². The molecular formula is C18H26N2O5. The standard InChI is InChI=1S/C18H26N2O5/c1-4-10-19-16(21)6-5-7-17(22)20-14-11-13(18(23)24)8-9-15(14)25-12(2)3/h8-9,11-12H,4-7,10H2,1-3H3,(H,19,21)(H,20,22)(H,23,24). The Morgan fingerprint density at radius 3 is 2.44 bits per heavy atom. The lowest BCUT2D eigenvalue weighted by atomic mass is 10.1. The van der Waals surface area contributed by atoms with Gasteiger partial charge in [0.1, 0.15) is 5.75 Å². The van der Waals surface area contributed by atoms with Crippen LogP contribution in [0.4, 0.5) is 5.69 Å². The Kier molecular flexibility index (Phi) is 8.46. The van der Waals surface area contributed by atoms with Crippen LogP contribution in [-0.2, 0) is 9.59 Å². The number of hydrogen-bond donors (Lipinski definition) is 3. The maximum absolute atomic E-state index is 12.1. The molecule has 0 heterocycles. The summed E-state index contributed by atoms with van der Waals surface area (Å²) in [6, 6.07) is 4.32. The maximum Gasteiger partial charge on any atom is 0.335 e. The number of nitrogens with one attached hydrogen (secondary N) is 2. The summed E-state index contributed by atoms with van der Waals surface area (Å²) in [4.78, 5) is 34.7. The van der Waals surface area contributed by atoms with E-state index in [4.69, 9.17) is 9.84 Å². The first-order chi connectivity index (χ1) is 11.8. The van der Waals surface area contributed by atoms with E-state index < -0.39 is 5.97 Å². The van der Waals surface area contributed by atoms with Crippen LogP contribution >= 0.6 is 0 Å². The predicted molar refractivity (Wildman–Crippen MR) is 94.9 cm³/mol. The molecule has 0 aliphatic rings. The lowest BCUT2D eigenvalue weighted by Gasteiger charge is -2.15. The van der Waals surface area contributed by atoms with Gasteiger partial charge in [-0.25, -0.2) is 4.79 Å². The Bertz CT molecular complexity index is 613. The number of carbonyl (C=O) groups is 3. The SMILES string of the molecule is CCCNC(=O)CCCC(=O)Nc1cc(C(=O)O)ccc1OC(C)C. The molecule has 0 aromatic heterocycles. The quantitative estimate of drug-likeness (QED) is 0.602. The van der Waals surface area contributed by atoms with E-state index in [1.165, 1.54) is 18.2 Å². The van der Waals surface area contributed by atoms with Crippen LogP contribution in [0.1, 0.15) is 56.8 Å². The molecule has 138 valence electrons. The number of ether oxygens (including phenoxy) is 1. The summed E-state index contributed by atoms with van der Waals surface area (Å²) in [7, 11) is 0. The lowest BCUT2D eigenvalue weighted by Crippen LogP contribution is -2.24. The molecule has 0 spiro atoms. The molecule has 25 heavy (non-hydrogen) atoms. The monoisotopic (exact) mass is 350 g/mol. The number of carboxylic acid groups (broad SMARTS) is 1. The third kappa shape index (κ3) is 7.69. The first kappa shape index (κ1) is 20.5. The van der Waals surface area contributed by atoms with Crippen LogP contribution in [0.3, 0.4) is 0 Å². The summed E-state index contributed by atoms with van der Waals surface area (Å²) in [5, 5.41) is 14.5. The number of benzene rings is 1. The zero-order chi connectivity index (χ0) is 18.8. The van der Waals surface area contributed by atoms with Gasteiger partial charge in [0.05, 0.1) is 17.4 Å². The zero-order valence-electron chi connectivity index (χ0n) is 14.9. The van der Waals surface area contributed by atoms with Gasteiger partial charge in [0, 0.05) is 19.4 Å². The van der Waals surface area contributed by atoms with Gasteiger partial charge < -0.3 is 20.5 Å². The zero-order valence-corrected chi connectivity index (χ0v) is 14.9. The summed E-state index contributed by atoms with van der Waals surface area (Å²) >= 11 is 0. The average molecular weight is 350 g/mol. The second kappa shape index (κ2) is 10.3. The Morgan fingerprint density at radius 1 is 1.16 bits per heavy atom. The molecule has 0 radical (unpaired) electrons. The molecule has 0 saturated heterocycles. The molecule has 0 unspecified atom stereocenters. The van der Waals surface area contributed by atoms with Gasteiger partial charge in [0.2, 0.25) is 11.8 Å². The Morgan fingerprint density at radius 2 is 1.84 bits per heavy atom. The highest BCUT2D eigenvalue weighted by atomic mass is 16.5. The fourth-order valence-corrected chi connectivity index (χ4v) is 2.09. The summed E-state index contributed by atoms with van der Waals surface area (Å²) in [6.45, 7) is 6.27. The largest absolute Gasteiger partial charge is 0.489 e. The molecule has 3 N–H and O–H groups in total. The van der Waals surface area contributed by atoms with Gasteiger partial charge >= 0.3 is 5.97 Å². The maximum atomic E-state index is 12.1. The number of amides is 2. The van der Waals surface area contributed by atoms with Crippen molar-refractivity contribution < 1.29 is 24.2 Å². The molecule has 0 bridgehead atoms. The smallest absolute Gasteiger partial charge is 0.335 e. The van der Waals surface area contributed by atoms with Gasteiger partial charge in [0.15, 0.2) is 0 Å². The van der Waals surface area contributed by atoms with Crippen molar-refractivity contribution in [2.45, 2.75) is 52.6 Å². The van der Waals surface area contributed by atoms with Crippen molar-refractivity contribution in [1.29, 1.82) is 0 Å². The number of hydrogen-bond acceptors (Lipinski definition) is 4. The molecule has 2 amide bonds. The second-order valence-corrected chi connectivity index (χ2v) is 5.93. The minimum Gasteiger partial charge on any atom is -0.489 e. The van der Waals surface area contributed by atoms with Gasteiger partial charge in [-0.2, -0.15) is 0 Å². The van der Waals surface area contributed by atoms with Gasteiger partial charge in [-0.05, 0) is 44.9 Å². The Hall–Kier alpha value is -2.57. The van der Waals surface area contributed by atoms with Gasteiger partial charge in [-0.15, -0.1) is 0 Å². The van der Waals surface area contributed by atoms with Gasteiger partial charge in [-0.3, -0.25) is 9.59 Å². The number of aromatic carboxylic acids is 1. The highest BCUT2D eigenvalue weighted by molar-refractivity contribution is 5.95. The number of carbonyl (C=O) groups excluding carboxylic acids is 2. The fourth-order valence-electron chi connectivity index (χ4n) is 2.09. The summed E-state index contributed by atoms with van der Waals surface area (Å²) in [6.07, 6.45) is 1.61. The fraction of sp³-hybridized carbons (Fsp3) is 0.500. The molecule has 7 heteroatoms. The summed E-state index contributed by atoms with van der Waals surface area (Å²) in [5.74, 6) is -1.04. The molecule has 0 aliphatic carbocycles. The first-order valence-electron chi connectivity index (χ1n) is 8.44. The van der Waals surface area contributed by atoms with Crippen LogP contribution in [0.2, 0.25) is 0 Å². The Labute approximate surface area is 147 Å². The molecule has 0 atom stereocenters. The molecular weight excluding hydrogens is 324 g/mol. The van der Waals surface area contributed by atoms with Crippen LogP contribution in [0.25, 0.3) is 0 Å². The normalized spacial score (nSPS) is 10.4. The molecule has 1 aromatic rings. The van der Waals surface area contributed by atoms with Gasteiger partial charge in [0.25, 0.3) is 0 Å². The van der Waals surface area contributed by atoms with E-state index in [2.05, 4.69) is 10.6 Å². The molecule has 1 aromatic carbocycles. The van der Waals surface area contributed by atoms with E-state index in [0.29, 0.717) is 24.4 Å². The van der Waals surface area contributed by atoms with E-state index >= 15 is 0 Å². The van der Waals surface area contributed by atoms with E-state index in [0.717, 1.165) is 6.42 Å². The lowest BCUT2D eigenvalue weighted by molar-refractivity contribution is -0.121. The second-order valence-electron chi connectivity index (χ2n) is 5.93. The van der Waals surface area contributed by atoms with Crippen LogP contribution in [0.15, 0.2) is 18.2 Å². The highest BCUT2D eigenvalue weighted by Crippen LogP contribution is 2.27. The Balaban J connectivity index is 2.66. The van der Waals surface area contributed by atoms with E-state index in [9.17, 15) is 14.4 Å². The number of carboxylic acids is 1. The van der Waals surface area contributed by atoms with Crippen LogP contribution in [0.5, 0.6) is 5.75 Å². The predicted octanol–water partition coefficient (Wildman–Crippen LogP) is 2.81. The van der Waals surface area contributed by atoms with Crippen molar-refractivity contribution in [1.82, 2.24) is 5.32 Å². The van der Waals surface area contributed by atoms with Crippen LogP contribution in [0, 0.1) is 0 Å². The van der Waals surface area contributed by atoms with E-state index in [1.807, 2.05) is 20.8 Å². The third-order valence-electron chi connectivity index (χ3n) is 3.24. The molecule has 0 fully saturated rings. The summed E-state index contributed by atoms with van der Waals surface area (Å²) in [5.41, 5.74) is 0.374. The van der Waals surface area contributed by atoms with Crippen molar-refractivity contribution in [3.05, 3.63) is 23.8 Å². The van der Waals surface area contributed by atoms with E-state index in [-0.39, 0.29) is 36.3 Å². The minimum atomic E-state index is -1.08. The van der Waals surface area contributed by atoms with Crippen molar-refractivity contribution in [3.63, 3.8) is 0 Å². The summed E-state index contributed by atoms with van der Waals surface area (Å²) < 4.78 is 5.60. The third-order valence-corrected chi connectivity index (χ3v) is 3.24. The number of rotatable bonds is 10. The topological polar surface area (TPSA) is 105 Å². The van der Waals surface area contributed by atoms with Crippen molar-refractivity contribution >= 4 is 23.5 Å². The van der Waals surface area contributed by atoms with Crippen molar-refractivity contribution in [2.75, 3.05) is 11.9 Å². The van der Waals surface area contributed by atoms with E-state index in [1.54, 1.807) is 0 Å². The molecule has 0 aliphatic heterocycles. The average Bonchev–Trinajstić information content (AvgIpc) is 2.53.